The molecule has 0 radical (unpaired) electrons. The average Bonchev–Trinajstić information content (AvgIpc) is 3.20. The molecule has 1 unspecified atom stereocenters. The molecule has 4 rings (SSSR count). The lowest BCUT2D eigenvalue weighted by molar-refractivity contribution is 0.0717. The fraction of sp³-hybridized carbons (Fsp3) is 0.111. The summed E-state index contributed by atoms with van der Waals surface area (Å²) < 4.78 is 0. The molecule has 114 valence electrons. The van der Waals surface area contributed by atoms with Crippen LogP contribution in [0.3, 0.4) is 0 Å². The lowest BCUT2D eigenvalue weighted by Crippen LogP contribution is -2.49. The molecule has 2 N–H and O–H groups in total. The van der Waals surface area contributed by atoms with Crippen molar-refractivity contribution >= 4 is 11.6 Å². The number of carbonyl (C=O) groups is 1. The topological polar surface area (TPSA) is 61.0 Å². The van der Waals surface area contributed by atoms with Crippen LogP contribution in [0.2, 0.25) is 0 Å². The van der Waals surface area contributed by atoms with Gasteiger partial charge in [-0.2, -0.15) is 0 Å². The molecule has 3 aromatic rings. The van der Waals surface area contributed by atoms with Gasteiger partial charge in [0.2, 0.25) is 0 Å². The number of hydrogen-bond donors (Lipinski definition) is 2. The quantitative estimate of drug-likeness (QED) is 0.782. The number of nitrogens with one attached hydrogen (secondary N) is 2. The third-order valence-corrected chi connectivity index (χ3v) is 4.29. The van der Waals surface area contributed by atoms with E-state index in [2.05, 4.69) is 15.3 Å². The number of imidazole rings is 1. The number of H-pyrrole nitrogens is 1. The van der Waals surface area contributed by atoms with E-state index in [1.165, 1.54) is 0 Å². The third kappa shape index (κ3) is 1.86. The van der Waals surface area contributed by atoms with E-state index in [1.54, 1.807) is 24.3 Å². The number of hydrogen-bond acceptors (Lipinski definition) is 3. The van der Waals surface area contributed by atoms with E-state index < -0.39 is 5.66 Å². The van der Waals surface area contributed by atoms with Gasteiger partial charge in [0.1, 0.15) is 0 Å². The van der Waals surface area contributed by atoms with Crippen LogP contribution in [0.1, 0.15) is 21.7 Å². The first-order chi connectivity index (χ1) is 11.2. The first kappa shape index (κ1) is 13.6. The van der Waals surface area contributed by atoms with Crippen molar-refractivity contribution in [3.8, 4) is 0 Å². The van der Waals surface area contributed by atoms with E-state index >= 15 is 0 Å². The van der Waals surface area contributed by atoms with Crippen molar-refractivity contribution in [2.45, 2.75) is 5.66 Å². The van der Waals surface area contributed by atoms with Crippen LogP contribution in [0.4, 0.5) is 5.69 Å². The molecule has 0 spiro atoms. The summed E-state index contributed by atoms with van der Waals surface area (Å²) in [5.41, 5.74) is 1.65. The van der Waals surface area contributed by atoms with Crippen molar-refractivity contribution < 1.29 is 4.79 Å². The molecule has 23 heavy (non-hydrogen) atoms. The zero-order chi connectivity index (χ0) is 15.9. The highest BCUT2D eigenvalue weighted by Gasteiger charge is 2.51. The van der Waals surface area contributed by atoms with E-state index in [0.29, 0.717) is 11.4 Å². The Kier molecular flexibility index (Phi) is 2.94. The number of fused-ring (bicyclic) bond motifs is 1. The number of aromatic amines is 1. The number of anilines is 1. The number of para-hydroxylation sites is 1. The van der Waals surface area contributed by atoms with Gasteiger partial charge in [-0.05, 0) is 18.2 Å². The van der Waals surface area contributed by atoms with Gasteiger partial charge >= 0.3 is 0 Å². The molecule has 5 nitrogen and oxygen atoms in total. The van der Waals surface area contributed by atoms with Crippen molar-refractivity contribution in [2.24, 2.45) is 0 Å². The third-order valence-electron chi connectivity index (χ3n) is 4.29. The summed E-state index contributed by atoms with van der Waals surface area (Å²) in [6, 6.07) is 17.5. The Morgan fingerprint density at radius 2 is 1.83 bits per heavy atom. The monoisotopic (exact) mass is 304 g/mol. The van der Waals surface area contributed by atoms with Crippen molar-refractivity contribution in [1.29, 1.82) is 0 Å². The van der Waals surface area contributed by atoms with Gasteiger partial charge < -0.3 is 15.2 Å². The molecule has 2 heterocycles. The molecule has 2 aromatic carbocycles. The molecule has 0 saturated heterocycles. The van der Waals surface area contributed by atoms with Gasteiger partial charge in [0, 0.05) is 36.3 Å². The maximum Gasteiger partial charge on any atom is 0.256 e. The van der Waals surface area contributed by atoms with Gasteiger partial charge in [-0.1, -0.05) is 36.4 Å². The van der Waals surface area contributed by atoms with Crippen molar-refractivity contribution in [2.75, 3.05) is 12.4 Å². The van der Waals surface area contributed by atoms with Gasteiger partial charge in [-0.15, -0.1) is 0 Å². The molecule has 1 amide bonds. The molecule has 5 heteroatoms. The number of rotatable bonds is 3. The first-order valence-corrected chi connectivity index (χ1v) is 7.44. The second-order valence-electron chi connectivity index (χ2n) is 5.55. The number of aromatic nitrogens is 2. The van der Waals surface area contributed by atoms with Gasteiger partial charge in [0.25, 0.3) is 5.91 Å². The molecule has 1 aliphatic heterocycles. The Balaban J connectivity index is 1.96. The standard InChI is InChI=1S/C18H16N4O/c1-22-16(23)14-9-5-6-10-15(14)18(22,17-19-11-12-20-17)21-13-7-3-2-4-8-13/h2-12,21H,1H3,(H,19,20). The first-order valence-electron chi connectivity index (χ1n) is 7.44. The second-order valence-corrected chi connectivity index (χ2v) is 5.55. The summed E-state index contributed by atoms with van der Waals surface area (Å²) in [6.45, 7) is 0. The molecule has 1 aromatic heterocycles. The minimum absolute atomic E-state index is 0.0274. The number of nitrogens with zero attached hydrogens (tertiary/aromatic N) is 2. The van der Waals surface area contributed by atoms with E-state index in [0.717, 1.165) is 11.3 Å². The average molecular weight is 304 g/mol. The summed E-state index contributed by atoms with van der Waals surface area (Å²) in [4.78, 5) is 22.0. The Morgan fingerprint density at radius 3 is 2.57 bits per heavy atom. The number of carbonyl (C=O) groups excluding carboxylic acids is 1. The van der Waals surface area contributed by atoms with Gasteiger partial charge in [-0.3, -0.25) is 4.79 Å². The zero-order valence-corrected chi connectivity index (χ0v) is 12.7. The minimum atomic E-state index is -0.849. The molecular formula is C18H16N4O. The highest BCUT2D eigenvalue weighted by molar-refractivity contribution is 6.01. The minimum Gasteiger partial charge on any atom is -0.353 e. The lowest BCUT2D eigenvalue weighted by Gasteiger charge is -2.36. The molecule has 1 atom stereocenters. The van der Waals surface area contributed by atoms with Crippen LogP contribution >= 0.6 is 0 Å². The van der Waals surface area contributed by atoms with Crippen LogP contribution in [0.25, 0.3) is 0 Å². The SMILES string of the molecule is CN1C(=O)c2ccccc2C1(Nc1ccccc1)c1ncc[nH]1. The highest BCUT2D eigenvalue weighted by Crippen LogP contribution is 2.42. The fourth-order valence-corrected chi connectivity index (χ4v) is 3.19. The maximum atomic E-state index is 12.7. The molecular weight excluding hydrogens is 288 g/mol. The summed E-state index contributed by atoms with van der Waals surface area (Å²) >= 11 is 0. The molecule has 0 saturated carbocycles. The van der Waals surface area contributed by atoms with Crippen LogP contribution in [-0.2, 0) is 5.66 Å². The van der Waals surface area contributed by atoms with E-state index in [1.807, 2.05) is 54.6 Å². The van der Waals surface area contributed by atoms with E-state index in [-0.39, 0.29) is 5.91 Å². The zero-order valence-electron chi connectivity index (χ0n) is 12.7. The Labute approximate surface area is 134 Å². The lowest BCUT2D eigenvalue weighted by atomic mass is 9.97. The van der Waals surface area contributed by atoms with Crippen LogP contribution < -0.4 is 5.32 Å². The normalized spacial score (nSPS) is 19.7. The van der Waals surface area contributed by atoms with Gasteiger partial charge in [0.15, 0.2) is 11.5 Å². The van der Waals surface area contributed by atoms with Crippen LogP contribution in [0.5, 0.6) is 0 Å². The van der Waals surface area contributed by atoms with Gasteiger partial charge in [0.05, 0.1) is 0 Å². The predicted octanol–water partition coefficient (Wildman–Crippen LogP) is 2.81. The van der Waals surface area contributed by atoms with Crippen molar-refractivity contribution in [3.05, 3.63) is 83.9 Å². The van der Waals surface area contributed by atoms with Gasteiger partial charge in [-0.25, -0.2) is 4.98 Å². The Bertz CT molecular complexity index is 844. The summed E-state index contributed by atoms with van der Waals surface area (Å²) in [5.74, 6) is 0.655. The number of amides is 1. The Morgan fingerprint density at radius 1 is 1.09 bits per heavy atom. The fourth-order valence-electron chi connectivity index (χ4n) is 3.19. The molecule has 0 aliphatic carbocycles. The van der Waals surface area contributed by atoms with Crippen LogP contribution in [-0.4, -0.2) is 27.8 Å². The van der Waals surface area contributed by atoms with Crippen molar-refractivity contribution in [1.82, 2.24) is 14.9 Å². The predicted molar refractivity (Wildman–Crippen MR) is 88.0 cm³/mol. The summed E-state index contributed by atoms with van der Waals surface area (Å²) in [7, 11) is 1.79. The number of benzene rings is 2. The summed E-state index contributed by atoms with van der Waals surface area (Å²) in [6.07, 6.45) is 3.46. The maximum absolute atomic E-state index is 12.7. The van der Waals surface area contributed by atoms with Crippen molar-refractivity contribution in [3.63, 3.8) is 0 Å². The van der Waals surface area contributed by atoms with Crippen LogP contribution in [0, 0.1) is 0 Å². The Hall–Kier alpha value is -3.08. The molecule has 1 aliphatic rings. The van der Waals surface area contributed by atoms with E-state index in [4.69, 9.17) is 0 Å². The molecule has 0 bridgehead atoms. The molecule has 0 fully saturated rings. The van der Waals surface area contributed by atoms with E-state index in [9.17, 15) is 4.79 Å². The second kappa shape index (κ2) is 4.98. The largest absolute Gasteiger partial charge is 0.353 e. The van der Waals surface area contributed by atoms with Crippen LogP contribution in [0.15, 0.2) is 67.0 Å². The highest BCUT2D eigenvalue weighted by atomic mass is 16.2. The smallest absolute Gasteiger partial charge is 0.256 e. The summed E-state index contributed by atoms with van der Waals surface area (Å²) in [5, 5.41) is 3.50.